The Kier molecular flexibility index (Phi) is 5.62. The maximum absolute atomic E-state index is 12.2. The van der Waals surface area contributed by atoms with Gasteiger partial charge in [-0.05, 0) is 11.4 Å². The summed E-state index contributed by atoms with van der Waals surface area (Å²) in [5.41, 5.74) is -1.81. The fourth-order valence-electron chi connectivity index (χ4n) is 1.34. The molecule has 0 aliphatic heterocycles. The van der Waals surface area contributed by atoms with Crippen molar-refractivity contribution in [2.45, 2.75) is 10.4 Å². The summed E-state index contributed by atoms with van der Waals surface area (Å²) in [5.74, 6) is -0.817. The van der Waals surface area contributed by atoms with Gasteiger partial charge in [-0.3, -0.25) is 0 Å². The van der Waals surface area contributed by atoms with Gasteiger partial charge >= 0.3 is 5.97 Å². The van der Waals surface area contributed by atoms with Gasteiger partial charge in [0, 0.05) is 0 Å². The summed E-state index contributed by atoms with van der Waals surface area (Å²) in [4.78, 5) is 11.0. The summed E-state index contributed by atoms with van der Waals surface area (Å²) >= 11 is 0.877. The molecule has 0 saturated carbocycles. The maximum Gasteiger partial charge on any atom is 0.349 e. The number of aliphatic hydroxyl groups is 3. The summed E-state index contributed by atoms with van der Waals surface area (Å²) in [6.07, 6.45) is 0. The van der Waals surface area contributed by atoms with Crippen LogP contribution in [0.3, 0.4) is 0 Å². The number of thiophene rings is 1. The van der Waals surface area contributed by atoms with Gasteiger partial charge in [-0.1, -0.05) is 0 Å². The zero-order valence-electron chi connectivity index (χ0n) is 10.6. The highest BCUT2D eigenvalue weighted by Gasteiger charge is 2.36. The second-order valence-electron chi connectivity index (χ2n) is 3.97. The highest BCUT2D eigenvalue weighted by atomic mass is 32.2. The van der Waals surface area contributed by atoms with Crippen molar-refractivity contribution >= 4 is 27.3 Å². The molecule has 1 aromatic rings. The van der Waals surface area contributed by atoms with E-state index in [1.807, 2.05) is 4.72 Å². The van der Waals surface area contributed by atoms with Crippen LogP contribution in [-0.4, -0.2) is 62.2 Å². The molecular formula is C10H15NO7S2. The lowest BCUT2D eigenvalue weighted by Gasteiger charge is -2.28. The Hall–Kier alpha value is -1.04. The smallest absolute Gasteiger partial charge is 0.349 e. The predicted molar refractivity (Wildman–Crippen MR) is 70.0 cm³/mol. The first kappa shape index (κ1) is 17.0. The van der Waals surface area contributed by atoms with Gasteiger partial charge in [-0.2, -0.15) is 4.72 Å². The van der Waals surface area contributed by atoms with E-state index in [1.54, 1.807) is 0 Å². The molecule has 8 nitrogen and oxygen atoms in total. The number of ether oxygens (including phenoxy) is 1. The fraction of sp³-hybridized carbons (Fsp3) is 0.500. The minimum Gasteiger partial charge on any atom is -0.465 e. The van der Waals surface area contributed by atoms with Crippen LogP contribution in [0.4, 0.5) is 0 Å². The van der Waals surface area contributed by atoms with E-state index in [-0.39, 0.29) is 9.77 Å². The number of rotatable bonds is 7. The fourth-order valence-corrected chi connectivity index (χ4v) is 4.05. The molecule has 0 aromatic carbocycles. The summed E-state index contributed by atoms with van der Waals surface area (Å²) < 4.78 is 30.8. The number of carbonyl (C=O) groups is 1. The molecule has 1 heterocycles. The van der Waals surface area contributed by atoms with Crippen LogP contribution < -0.4 is 4.72 Å². The van der Waals surface area contributed by atoms with Crippen molar-refractivity contribution in [3.63, 3.8) is 0 Å². The quantitative estimate of drug-likeness (QED) is 0.450. The molecule has 0 aliphatic carbocycles. The lowest BCUT2D eigenvalue weighted by molar-refractivity contribution is 0.0580. The van der Waals surface area contributed by atoms with Crippen molar-refractivity contribution in [1.29, 1.82) is 0 Å². The van der Waals surface area contributed by atoms with Crippen molar-refractivity contribution in [2.75, 3.05) is 26.9 Å². The molecule has 0 aliphatic rings. The van der Waals surface area contributed by atoms with Crippen molar-refractivity contribution < 1.29 is 33.3 Å². The molecule has 0 spiro atoms. The van der Waals surface area contributed by atoms with Crippen LogP contribution in [0.25, 0.3) is 0 Å². The lowest BCUT2D eigenvalue weighted by Crippen LogP contribution is -2.56. The summed E-state index contributed by atoms with van der Waals surface area (Å²) in [7, 11) is -3.10. The van der Waals surface area contributed by atoms with Crippen LogP contribution >= 0.6 is 11.3 Å². The van der Waals surface area contributed by atoms with E-state index in [0.717, 1.165) is 18.4 Å². The number of aliphatic hydroxyl groups excluding tert-OH is 3. The van der Waals surface area contributed by atoms with Gasteiger partial charge in [0.05, 0.1) is 26.9 Å². The maximum atomic E-state index is 12.2. The molecule has 0 amide bonds. The zero-order chi connectivity index (χ0) is 15.4. The van der Waals surface area contributed by atoms with Crippen LogP contribution in [0.5, 0.6) is 0 Å². The number of methoxy groups -OCH3 is 1. The molecule has 114 valence electrons. The van der Waals surface area contributed by atoms with E-state index < -0.39 is 41.4 Å². The topological polar surface area (TPSA) is 133 Å². The SMILES string of the molecule is COC(=O)c1sccc1S(=O)(=O)NC(CO)(CO)CO. The predicted octanol–water partition coefficient (Wildman–Crippen LogP) is -1.47. The van der Waals surface area contributed by atoms with E-state index in [1.165, 1.54) is 11.4 Å². The molecular weight excluding hydrogens is 310 g/mol. The molecule has 0 unspecified atom stereocenters. The number of hydrogen-bond donors (Lipinski definition) is 4. The van der Waals surface area contributed by atoms with Crippen LogP contribution in [-0.2, 0) is 14.8 Å². The van der Waals surface area contributed by atoms with E-state index in [4.69, 9.17) is 15.3 Å². The molecule has 10 heteroatoms. The highest BCUT2D eigenvalue weighted by molar-refractivity contribution is 7.89. The number of sulfonamides is 1. The third-order valence-corrected chi connectivity index (χ3v) is 5.19. The summed E-state index contributed by atoms with van der Waals surface area (Å²) in [5, 5.41) is 28.8. The van der Waals surface area contributed by atoms with E-state index in [9.17, 15) is 13.2 Å². The molecule has 0 radical (unpaired) electrons. The second-order valence-corrected chi connectivity index (χ2v) is 6.53. The number of carbonyl (C=O) groups excluding carboxylic acids is 1. The standard InChI is InChI=1S/C10H15NO7S2/c1-18-9(15)8-7(2-3-19-8)20(16,17)11-10(4-12,5-13)6-14/h2-3,11-14H,4-6H2,1H3. The average molecular weight is 325 g/mol. The van der Waals surface area contributed by atoms with Crippen molar-refractivity contribution in [2.24, 2.45) is 0 Å². The molecule has 0 fully saturated rings. The molecule has 20 heavy (non-hydrogen) atoms. The Bertz CT molecular complexity index is 554. The molecule has 0 atom stereocenters. The van der Waals surface area contributed by atoms with Gasteiger partial charge in [-0.25, -0.2) is 13.2 Å². The van der Waals surface area contributed by atoms with E-state index in [0.29, 0.717) is 0 Å². The van der Waals surface area contributed by atoms with E-state index in [2.05, 4.69) is 4.74 Å². The highest BCUT2D eigenvalue weighted by Crippen LogP contribution is 2.24. The van der Waals surface area contributed by atoms with Crippen LogP contribution in [0.15, 0.2) is 16.3 Å². The third kappa shape index (κ3) is 3.34. The van der Waals surface area contributed by atoms with Gasteiger partial charge in [0.2, 0.25) is 10.0 Å². The Labute approximate surface area is 119 Å². The minimum absolute atomic E-state index is 0.136. The van der Waals surface area contributed by atoms with E-state index >= 15 is 0 Å². The lowest BCUT2D eigenvalue weighted by atomic mass is 10.1. The monoisotopic (exact) mass is 325 g/mol. The van der Waals surface area contributed by atoms with Gasteiger partial charge in [0.25, 0.3) is 0 Å². The Balaban J connectivity index is 3.18. The number of nitrogens with one attached hydrogen (secondary N) is 1. The van der Waals surface area contributed by atoms with Crippen molar-refractivity contribution in [1.82, 2.24) is 4.72 Å². The molecule has 4 N–H and O–H groups in total. The second kappa shape index (κ2) is 6.61. The Morgan fingerprint density at radius 3 is 2.35 bits per heavy atom. The molecule has 0 saturated heterocycles. The Morgan fingerprint density at radius 1 is 1.35 bits per heavy atom. The van der Waals surface area contributed by atoms with Crippen molar-refractivity contribution in [3.8, 4) is 0 Å². The average Bonchev–Trinajstić information content (AvgIpc) is 2.94. The van der Waals surface area contributed by atoms with Gasteiger partial charge in [0.15, 0.2) is 0 Å². The number of hydrogen-bond acceptors (Lipinski definition) is 8. The minimum atomic E-state index is -4.22. The molecule has 1 rings (SSSR count). The Morgan fingerprint density at radius 2 is 1.90 bits per heavy atom. The van der Waals surface area contributed by atoms with Crippen LogP contribution in [0, 0.1) is 0 Å². The molecule has 0 bridgehead atoms. The largest absolute Gasteiger partial charge is 0.465 e. The summed E-state index contributed by atoms with van der Waals surface area (Å²) in [6.45, 7) is -2.43. The van der Waals surface area contributed by atoms with Gasteiger partial charge < -0.3 is 20.1 Å². The third-order valence-electron chi connectivity index (χ3n) is 2.55. The summed E-state index contributed by atoms with van der Waals surface area (Å²) in [6, 6.07) is 1.19. The zero-order valence-corrected chi connectivity index (χ0v) is 12.2. The van der Waals surface area contributed by atoms with Gasteiger partial charge in [0.1, 0.15) is 15.3 Å². The van der Waals surface area contributed by atoms with Crippen LogP contribution in [0.2, 0.25) is 0 Å². The normalized spacial score (nSPS) is 12.4. The van der Waals surface area contributed by atoms with Gasteiger partial charge in [-0.15, -0.1) is 11.3 Å². The first-order valence-corrected chi connectivity index (χ1v) is 7.74. The van der Waals surface area contributed by atoms with Crippen molar-refractivity contribution in [3.05, 3.63) is 16.3 Å². The number of esters is 1. The molecule has 1 aromatic heterocycles. The first-order valence-electron chi connectivity index (χ1n) is 5.38. The van der Waals surface area contributed by atoms with Crippen LogP contribution in [0.1, 0.15) is 9.67 Å². The first-order chi connectivity index (χ1) is 9.35.